The van der Waals surface area contributed by atoms with Crippen LogP contribution in [0.15, 0.2) is 12.1 Å². The molecule has 1 rings (SSSR count). The van der Waals surface area contributed by atoms with E-state index >= 15 is 0 Å². The van der Waals surface area contributed by atoms with Gasteiger partial charge in [-0.2, -0.15) is 0 Å². The zero-order chi connectivity index (χ0) is 10.7. The SMILES string of the molecule is CNC(=O)c1cc(F)c(OC)cc1F. The first-order valence-corrected chi connectivity index (χ1v) is 3.85. The molecular weight excluding hydrogens is 192 g/mol. The second kappa shape index (κ2) is 4.04. The highest BCUT2D eigenvalue weighted by Gasteiger charge is 2.14. The molecule has 5 heteroatoms. The molecule has 0 aromatic heterocycles. The third-order valence-electron chi connectivity index (χ3n) is 1.71. The number of methoxy groups -OCH3 is 1. The van der Waals surface area contributed by atoms with Crippen LogP contribution in [0.4, 0.5) is 8.78 Å². The lowest BCUT2D eigenvalue weighted by Gasteiger charge is -2.05. The van der Waals surface area contributed by atoms with Gasteiger partial charge in [0.2, 0.25) is 0 Å². The number of hydrogen-bond acceptors (Lipinski definition) is 2. The molecule has 0 unspecified atom stereocenters. The molecule has 0 aliphatic carbocycles. The summed E-state index contributed by atoms with van der Waals surface area (Å²) in [6.07, 6.45) is 0. The Morgan fingerprint density at radius 1 is 1.36 bits per heavy atom. The lowest BCUT2D eigenvalue weighted by molar-refractivity contribution is 0.0958. The van der Waals surface area contributed by atoms with Gasteiger partial charge < -0.3 is 10.1 Å². The van der Waals surface area contributed by atoms with Gasteiger partial charge in [0.05, 0.1) is 12.7 Å². The van der Waals surface area contributed by atoms with E-state index in [9.17, 15) is 13.6 Å². The number of rotatable bonds is 2. The third kappa shape index (κ3) is 1.81. The normalized spacial score (nSPS) is 9.71. The molecule has 1 aromatic rings. The van der Waals surface area contributed by atoms with Gasteiger partial charge in [0.1, 0.15) is 5.82 Å². The third-order valence-corrected chi connectivity index (χ3v) is 1.71. The summed E-state index contributed by atoms with van der Waals surface area (Å²) in [5, 5.41) is 2.20. The number of nitrogens with one attached hydrogen (secondary N) is 1. The van der Waals surface area contributed by atoms with Gasteiger partial charge in [-0.1, -0.05) is 0 Å². The van der Waals surface area contributed by atoms with E-state index in [2.05, 4.69) is 10.1 Å². The van der Waals surface area contributed by atoms with Gasteiger partial charge in [0, 0.05) is 13.1 Å². The van der Waals surface area contributed by atoms with E-state index in [1.807, 2.05) is 0 Å². The van der Waals surface area contributed by atoms with Crippen LogP contribution < -0.4 is 10.1 Å². The van der Waals surface area contributed by atoms with Crippen molar-refractivity contribution in [2.24, 2.45) is 0 Å². The Kier molecular flexibility index (Phi) is 3.01. The zero-order valence-corrected chi connectivity index (χ0v) is 7.73. The smallest absolute Gasteiger partial charge is 0.254 e. The molecule has 0 saturated heterocycles. The largest absolute Gasteiger partial charge is 0.494 e. The minimum Gasteiger partial charge on any atom is -0.494 e. The van der Waals surface area contributed by atoms with Crippen molar-refractivity contribution in [1.82, 2.24) is 5.32 Å². The molecule has 0 saturated carbocycles. The maximum atomic E-state index is 13.1. The number of ether oxygens (including phenoxy) is 1. The summed E-state index contributed by atoms with van der Waals surface area (Å²) in [6.45, 7) is 0. The monoisotopic (exact) mass is 201 g/mol. The van der Waals surface area contributed by atoms with Crippen molar-refractivity contribution >= 4 is 5.91 Å². The van der Waals surface area contributed by atoms with Crippen LogP contribution in [-0.4, -0.2) is 20.1 Å². The van der Waals surface area contributed by atoms with Crippen LogP contribution in [0.3, 0.4) is 0 Å². The highest BCUT2D eigenvalue weighted by atomic mass is 19.1. The molecule has 0 heterocycles. The average molecular weight is 201 g/mol. The Balaban J connectivity index is 3.21. The van der Waals surface area contributed by atoms with Crippen molar-refractivity contribution in [3.8, 4) is 5.75 Å². The molecule has 0 bridgehead atoms. The van der Waals surface area contributed by atoms with Crippen molar-refractivity contribution in [3.63, 3.8) is 0 Å². The number of amides is 1. The maximum absolute atomic E-state index is 13.1. The first-order valence-electron chi connectivity index (χ1n) is 3.85. The van der Waals surface area contributed by atoms with Gasteiger partial charge in [-0.05, 0) is 6.07 Å². The predicted octanol–water partition coefficient (Wildman–Crippen LogP) is 1.33. The molecular formula is C9H9F2NO2. The second-order valence-corrected chi connectivity index (χ2v) is 2.55. The first kappa shape index (κ1) is 10.4. The molecule has 0 radical (unpaired) electrons. The fourth-order valence-electron chi connectivity index (χ4n) is 0.994. The van der Waals surface area contributed by atoms with Crippen LogP contribution in [0, 0.1) is 11.6 Å². The molecule has 0 spiro atoms. The van der Waals surface area contributed by atoms with Gasteiger partial charge in [0.15, 0.2) is 11.6 Å². The van der Waals surface area contributed by atoms with Crippen molar-refractivity contribution in [2.75, 3.05) is 14.2 Å². The lowest BCUT2D eigenvalue weighted by atomic mass is 10.2. The van der Waals surface area contributed by atoms with Crippen molar-refractivity contribution < 1.29 is 18.3 Å². The lowest BCUT2D eigenvalue weighted by Crippen LogP contribution is -2.19. The van der Waals surface area contributed by atoms with Crippen LogP contribution in [0.1, 0.15) is 10.4 Å². The summed E-state index contributed by atoms with van der Waals surface area (Å²) < 4.78 is 30.7. The second-order valence-electron chi connectivity index (χ2n) is 2.55. The van der Waals surface area contributed by atoms with Crippen molar-refractivity contribution in [3.05, 3.63) is 29.3 Å². The minimum absolute atomic E-state index is 0.227. The van der Waals surface area contributed by atoms with Gasteiger partial charge in [-0.15, -0.1) is 0 Å². The molecule has 0 aliphatic heterocycles. The summed E-state index contributed by atoms with van der Waals surface area (Å²) in [5.41, 5.74) is -0.342. The zero-order valence-electron chi connectivity index (χ0n) is 7.73. The Bertz CT molecular complexity index is 366. The van der Waals surface area contributed by atoms with E-state index in [1.165, 1.54) is 14.2 Å². The number of halogens is 2. The van der Waals surface area contributed by atoms with Crippen LogP contribution in [-0.2, 0) is 0 Å². The summed E-state index contributed by atoms with van der Waals surface area (Å²) >= 11 is 0. The van der Waals surface area contributed by atoms with Crippen LogP contribution in [0.5, 0.6) is 5.75 Å². The standard InChI is InChI=1S/C9H9F2NO2/c1-12-9(13)5-3-7(11)8(14-2)4-6(5)10/h3-4H,1-2H3,(H,12,13). The van der Waals surface area contributed by atoms with Crippen LogP contribution in [0.2, 0.25) is 0 Å². The van der Waals surface area contributed by atoms with Crippen LogP contribution in [0.25, 0.3) is 0 Å². The highest BCUT2D eigenvalue weighted by molar-refractivity contribution is 5.94. The number of benzene rings is 1. The first-order chi connectivity index (χ1) is 6.60. The maximum Gasteiger partial charge on any atom is 0.254 e. The topological polar surface area (TPSA) is 38.3 Å². The quantitative estimate of drug-likeness (QED) is 0.783. The molecule has 0 atom stereocenters. The van der Waals surface area contributed by atoms with Gasteiger partial charge >= 0.3 is 0 Å². The van der Waals surface area contributed by atoms with E-state index in [4.69, 9.17) is 0 Å². The molecule has 3 nitrogen and oxygen atoms in total. The number of hydrogen-bond donors (Lipinski definition) is 1. The molecule has 76 valence electrons. The average Bonchev–Trinajstić information content (AvgIpc) is 2.19. The Hall–Kier alpha value is -1.65. The number of carbonyl (C=O) groups excluding carboxylic acids is 1. The van der Waals surface area contributed by atoms with E-state index < -0.39 is 17.5 Å². The van der Waals surface area contributed by atoms with E-state index in [-0.39, 0.29) is 11.3 Å². The van der Waals surface area contributed by atoms with E-state index in [1.54, 1.807) is 0 Å². The van der Waals surface area contributed by atoms with E-state index in [0.29, 0.717) is 0 Å². The number of carbonyl (C=O) groups is 1. The van der Waals surface area contributed by atoms with Gasteiger partial charge in [-0.25, -0.2) is 8.78 Å². The molecule has 1 amide bonds. The van der Waals surface area contributed by atoms with Crippen molar-refractivity contribution in [1.29, 1.82) is 0 Å². The van der Waals surface area contributed by atoms with Gasteiger partial charge in [-0.3, -0.25) is 4.79 Å². The highest BCUT2D eigenvalue weighted by Crippen LogP contribution is 2.20. The molecule has 14 heavy (non-hydrogen) atoms. The predicted molar refractivity (Wildman–Crippen MR) is 46.3 cm³/mol. The summed E-state index contributed by atoms with van der Waals surface area (Å²) in [4.78, 5) is 11.0. The molecule has 1 N–H and O–H groups in total. The Labute approximate surface area is 79.7 Å². The molecule has 0 fully saturated rings. The molecule has 1 aromatic carbocycles. The Morgan fingerprint density at radius 2 is 2.00 bits per heavy atom. The summed E-state index contributed by atoms with van der Waals surface area (Å²) in [6, 6.07) is 1.63. The van der Waals surface area contributed by atoms with Crippen molar-refractivity contribution in [2.45, 2.75) is 0 Å². The van der Waals surface area contributed by atoms with Gasteiger partial charge in [0.25, 0.3) is 5.91 Å². The summed E-state index contributed by atoms with van der Waals surface area (Å²) in [5.74, 6) is -2.49. The van der Waals surface area contributed by atoms with E-state index in [0.717, 1.165) is 12.1 Å². The molecule has 0 aliphatic rings. The minimum atomic E-state index is -0.817. The summed E-state index contributed by atoms with van der Waals surface area (Å²) in [7, 11) is 2.56. The van der Waals surface area contributed by atoms with Crippen LogP contribution >= 0.6 is 0 Å². The fraction of sp³-hybridized carbons (Fsp3) is 0.222. The Morgan fingerprint density at radius 3 is 2.50 bits per heavy atom. The fourth-order valence-corrected chi connectivity index (χ4v) is 0.994.